The fourth-order valence-corrected chi connectivity index (χ4v) is 5.50. The molecule has 7 heteroatoms. The Morgan fingerprint density at radius 3 is 2.62 bits per heavy atom. The van der Waals surface area contributed by atoms with Crippen LogP contribution in [-0.4, -0.2) is 39.2 Å². The second-order valence-electron chi connectivity index (χ2n) is 7.49. The second-order valence-corrected chi connectivity index (χ2v) is 9.60. The molecule has 0 saturated heterocycles. The van der Waals surface area contributed by atoms with E-state index >= 15 is 0 Å². The number of sulfone groups is 1. The molecule has 29 heavy (non-hydrogen) atoms. The molecule has 1 aliphatic carbocycles. The lowest BCUT2D eigenvalue weighted by Crippen LogP contribution is -2.44. The number of hydrogen-bond donors (Lipinski definition) is 0. The lowest BCUT2D eigenvalue weighted by molar-refractivity contribution is -0.143. The van der Waals surface area contributed by atoms with Crippen molar-refractivity contribution in [3.63, 3.8) is 0 Å². The predicted octanol–water partition coefficient (Wildman–Crippen LogP) is 2.47. The Bertz CT molecular complexity index is 1080. The minimum absolute atomic E-state index is 0.193. The highest BCUT2D eigenvalue weighted by Gasteiger charge is 2.39. The maximum atomic E-state index is 13.0. The fraction of sp³-hybridized carbons (Fsp3) is 0.364. The Balaban J connectivity index is 1.53. The standard InChI is InChI=1S/C22H23NO5S/c1-28-22(25)20-14-17-5-2-3-8-19(17)23(20)21(24)11-12-29(26,27)18-10-9-15-6-4-7-16(15)13-18/h2-3,5,8-10,13,20H,4,6-7,11-12,14H2,1H3. The van der Waals surface area contributed by atoms with Gasteiger partial charge in [0.2, 0.25) is 5.91 Å². The Kier molecular flexibility index (Phi) is 5.17. The number of carbonyl (C=O) groups is 2. The molecule has 0 spiro atoms. The van der Waals surface area contributed by atoms with E-state index in [4.69, 9.17) is 4.74 Å². The number of esters is 1. The first-order valence-corrected chi connectivity index (χ1v) is 11.4. The summed E-state index contributed by atoms with van der Waals surface area (Å²) in [6.07, 6.45) is 3.09. The van der Waals surface area contributed by atoms with Crippen molar-refractivity contribution in [2.45, 2.75) is 43.0 Å². The van der Waals surface area contributed by atoms with Gasteiger partial charge in [0.15, 0.2) is 9.84 Å². The van der Waals surface area contributed by atoms with Gasteiger partial charge in [-0.05, 0) is 54.2 Å². The maximum Gasteiger partial charge on any atom is 0.329 e. The van der Waals surface area contributed by atoms with Crippen LogP contribution in [0, 0.1) is 0 Å². The summed E-state index contributed by atoms with van der Waals surface area (Å²) in [5.41, 5.74) is 3.80. The molecule has 2 aromatic carbocycles. The van der Waals surface area contributed by atoms with Crippen LogP contribution in [0.15, 0.2) is 47.4 Å². The molecule has 1 unspecified atom stereocenters. The third kappa shape index (κ3) is 3.67. The Morgan fingerprint density at radius 2 is 1.83 bits per heavy atom. The molecule has 1 atom stereocenters. The number of nitrogens with zero attached hydrogens (tertiary/aromatic N) is 1. The highest BCUT2D eigenvalue weighted by molar-refractivity contribution is 7.91. The SMILES string of the molecule is COC(=O)C1Cc2ccccc2N1C(=O)CCS(=O)(=O)c1ccc2c(c1)CCC2. The van der Waals surface area contributed by atoms with Crippen LogP contribution in [0.2, 0.25) is 0 Å². The Labute approximate surface area is 170 Å². The van der Waals surface area contributed by atoms with Gasteiger partial charge in [-0.15, -0.1) is 0 Å². The quantitative estimate of drug-likeness (QED) is 0.704. The van der Waals surface area contributed by atoms with Gasteiger partial charge in [-0.1, -0.05) is 24.3 Å². The molecular formula is C22H23NO5S. The summed E-state index contributed by atoms with van der Waals surface area (Å²) < 4.78 is 30.5. The zero-order chi connectivity index (χ0) is 20.6. The summed E-state index contributed by atoms with van der Waals surface area (Å²) in [7, 11) is -2.31. The van der Waals surface area contributed by atoms with Crippen molar-refractivity contribution < 1.29 is 22.7 Å². The van der Waals surface area contributed by atoms with Gasteiger partial charge in [0.25, 0.3) is 0 Å². The molecule has 6 nitrogen and oxygen atoms in total. The number of anilines is 1. The van der Waals surface area contributed by atoms with E-state index in [0.29, 0.717) is 12.1 Å². The maximum absolute atomic E-state index is 13.0. The van der Waals surface area contributed by atoms with Gasteiger partial charge in [-0.3, -0.25) is 9.69 Å². The number of aryl methyl sites for hydroxylation is 2. The second kappa shape index (κ2) is 7.63. The van der Waals surface area contributed by atoms with Gasteiger partial charge in [0.05, 0.1) is 17.8 Å². The van der Waals surface area contributed by atoms with Crippen LogP contribution in [0.4, 0.5) is 5.69 Å². The lowest BCUT2D eigenvalue weighted by atomic mass is 10.1. The average molecular weight is 413 g/mol. The fourth-order valence-electron chi connectivity index (χ4n) is 4.22. The van der Waals surface area contributed by atoms with Gasteiger partial charge >= 0.3 is 5.97 Å². The van der Waals surface area contributed by atoms with Gasteiger partial charge in [0, 0.05) is 18.5 Å². The normalized spacial score (nSPS) is 17.7. The third-order valence-corrected chi connectivity index (χ3v) is 7.45. The number of carbonyl (C=O) groups excluding carboxylic acids is 2. The molecule has 2 aromatic rings. The average Bonchev–Trinajstić information content (AvgIpc) is 3.35. The van der Waals surface area contributed by atoms with Crippen LogP contribution in [0.1, 0.15) is 29.5 Å². The molecule has 0 radical (unpaired) electrons. The number of rotatable bonds is 5. The third-order valence-electron chi connectivity index (χ3n) is 5.73. The van der Waals surface area contributed by atoms with Crippen molar-refractivity contribution in [2.24, 2.45) is 0 Å². The van der Waals surface area contributed by atoms with Crippen LogP contribution >= 0.6 is 0 Å². The number of hydrogen-bond acceptors (Lipinski definition) is 5. The highest BCUT2D eigenvalue weighted by atomic mass is 32.2. The zero-order valence-electron chi connectivity index (χ0n) is 16.3. The van der Waals surface area contributed by atoms with Gasteiger partial charge in [-0.2, -0.15) is 0 Å². The van der Waals surface area contributed by atoms with Crippen molar-refractivity contribution in [3.05, 3.63) is 59.2 Å². The smallest absolute Gasteiger partial charge is 0.329 e. The first-order chi connectivity index (χ1) is 13.9. The summed E-state index contributed by atoms with van der Waals surface area (Å²) in [6, 6.07) is 11.8. The van der Waals surface area contributed by atoms with Crippen LogP contribution in [0.25, 0.3) is 0 Å². The molecule has 0 bridgehead atoms. The van der Waals surface area contributed by atoms with Gasteiger partial charge in [0.1, 0.15) is 6.04 Å². The molecule has 1 heterocycles. The number of fused-ring (bicyclic) bond motifs is 2. The molecule has 1 aliphatic heterocycles. The van der Waals surface area contributed by atoms with E-state index in [1.165, 1.54) is 17.6 Å². The van der Waals surface area contributed by atoms with E-state index in [-0.39, 0.29) is 17.1 Å². The molecule has 0 aromatic heterocycles. The van der Waals surface area contributed by atoms with E-state index in [1.54, 1.807) is 24.3 Å². The van der Waals surface area contributed by atoms with Crippen LogP contribution in [0.3, 0.4) is 0 Å². The molecule has 0 fully saturated rings. The molecule has 1 amide bonds. The summed E-state index contributed by atoms with van der Waals surface area (Å²) in [4.78, 5) is 26.8. The van der Waals surface area contributed by atoms with E-state index in [1.807, 2.05) is 18.2 Å². The number of methoxy groups -OCH3 is 1. The monoisotopic (exact) mass is 413 g/mol. The first-order valence-electron chi connectivity index (χ1n) is 9.73. The Hall–Kier alpha value is -2.67. The number of amides is 1. The number of benzene rings is 2. The molecule has 2 aliphatic rings. The molecule has 4 rings (SSSR count). The van der Waals surface area contributed by atoms with Crippen LogP contribution in [-0.2, 0) is 43.4 Å². The summed E-state index contributed by atoms with van der Waals surface area (Å²) in [6.45, 7) is 0. The van der Waals surface area contributed by atoms with E-state index in [9.17, 15) is 18.0 Å². The van der Waals surface area contributed by atoms with Crippen molar-refractivity contribution in [1.82, 2.24) is 0 Å². The first kappa shape index (κ1) is 19.6. The van der Waals surface area contributed by atoms with Gasteiger partial charge < -0.3 is 4.74 Å². The van der Waals surface area contributed by atoms with Crippen molar-refractivity contribution >= 4 is 27.4 Å². The summed E-state index contributed by atoms with van der Waals surface area (Å²) in [5, 5.41) is 0. The van der Waals surface area contributed by atoms with Crippen molar-refractivity contribution in [2.75, 3.05) is 17.8 Å². The molecule has 152 valence electrons. The molecular weight excluding hydrogens is 390 g/mol. The molecule has 0 N–H and O–H groups in total. The zero-order valence-corrected chi connectivity index (χ0v) is 17.1. The highest BCUT2D eigenvalue weighted by Crippen LogP contribution is 2.33. The Morgan fingerprint density at radius 1 is 1.07 bits per heavy atom. The summed E-state index contributed by atoms with van der Waals surface area (Å²) >= 11 is 0. The number of ether oxygens (including phenoxy) is 1. The molecule has 0 saturated carbocycles. The van der Waals surface area contributed by atoms with Crippen LogP contribution < -0.4 is 4.90 Å². The minimum atomic E-state index is -3.59. The number of para-hydroxylation sites is 1. The van der Waals surface area contributed by atoms with Crippen molar-refractivity contribution in [3.8, 4) is 0 Å². The largest absolute Gasteiger partial charge is 0.467 e. The van der Waals surface area contributed by atoms with E-state index < -0.39 is 27.8 Å². The van der Waals surface area contributed by atoms with Crippen molar-refractivity contribution in [1.29, 1.82) is 0 Å². The minimum Gasteiger partial charge on any atom is -0.467 e. The summed E-state index contributed by atoms with van der Waals surface area (Å²) in [5.74, 6) is -1.19. The van der Waals surface area contributed by atoms with Gasteiger partial charge in [-0.25, -0.2) is 13.2 Å². The lowest BCUT2D eigenvalue weighted by Gasteiger charge is -2.23. The van der Waals surface area contributed by atoms with E-state index in [0.717, 1.165) is 30.4 Å². The van der Waals surface area contributed by atoms with E-state index in [2.05, 4.69) is 0 Å². The predicted molar refractivity (Wildman–Crippen MR) is 109 cm³/mol. The van der Waals surface area contributed by atoms with Crippen LogP contribution in [0.5, 0.6) is 0 Å². The topological polar surface area (TPSA) is 80.8 Å².